The van der Waals surface area contributed by atoms with Gasteiger partial charge in [0.05, 0.1) is 24.9 Å². The highest BCUT2D eigenvalue weighted by Crippen LogP contribution is 2.33. The van der Waals surface area contributed by atoms with Crippen LogP contribution >= 0.6 is 11.3 Å². The topological polar surface area (TPSA) is 68.5 Å². The highest BCUT2D eigenvalue weighted by molar-refractivity contribution is 7.16. The molecule has 0 aliphatic carbocycles. The first-order valence-electron chi connectivity index (χ1n) is 9.38. The summed E-state index contributed by atoms with van der Waals surface area (Å²) in [5.74, 6) is -0.204. The minimum absolute atomic E-state index is 0.173. The number of nitrogens with one attached hydrogen (secondary N) is 1. The Bertz CT molecular complexity index is 1030. The van der Waals surface area contributed by atoms with Gasteiger partial charge in [0.15, 0.2) is 0 Å². The van der Waals surface area contributed by atoms with E-state index in [0.29, 0.717) is 23.1 Å². The lowest BCUT2D eigenvalue weighted by Crippen LogP contribution is -2.16. The molecule has 0 spiro atoms. The molecule has 2 aromatic heterocycles. The first-order chi connectivity index (χ1) is 13.3. The number of aryl methyl sites for hydroxylation is 1. The zero-order valence-corrected chi connectivity index (χ0v) is 17.7. The van der Waals surface area contributed by atoms with Crippen molar-refractivity contribution in [2.45, 2.75) is 47.0 Å². The van der Waals surface area contributed by atoms with Crippen LogP contribution in [-0.2, 0) is 16.0 Å². The molecule has 1 amide bonds. The van der Waals surface area contributed by atoms with Crippen LogP contribution in [0.5, 0.6) is 0 Å². The molecule has 3 aromatic rings. The van der Waals surface area contributed by atoms with Crippen molar-refractivity contribution in [1.82, 2.24) is 0 Å². The van der Waals surface area contributed by atoms with Gasteiger partial charge in [-0.3, -0.25) is 4.79 Å². The summed E-state index contributed by atoms with van der Waals surface area (Å²) < 4.78 is 10.7. The fourth-order valence-corrected chi connectivity index (χ4v) is 4.17. The van der Waals surface area contributed by atoms with Gasteiger partial charge < -0.3 is 14.5 Å². The van der Waals surface area contributed by atoms with Gasteiger partial charge >= 0.3 is 5.97 Å². The van der Waals surface area contributed by atoms with Crippen molar-refractivity contribution in [2.24, 2.45) is 0 Å². The molecule has 0 saturated heterocycles. The molecule has 0 aliphatic heterocycles. The number of anilines is 1. The van der Waals surface area contributed by atoms with E-state index >= 15 is 0 Å². The maximum Gasteiger partial charge on any atom is 0.341 e. The van der Waals surface area contributed by atoms with Gasteiger partial charge in [0.2, 0.25) is 5.91 Å². The fraction of sp³-hybridized carbons (Fsp3) is 0.364. The molecule has 0 unspecified atom stereocenters. The van der Waals surface area contributed by atoms with Crippen molar-refractivity contribution < 1.29 is 18.7 Å². The number of ether oxygens (including phenoxy) is 1. The molecule has 0 aliphatic rings. The highest BCUT2D eigenvalue weighted by Gasteiger charge is 2.22. The average Bonchev–Trinajstić information content (AvgIpc) is 3.15. The summed E-state index contributed by atoms with van der Waals surface area (Å²) in [5, 5.41) is 4.37. The zero-order valence-electron chi connectivity index (χ0n) is 16.8. The van der Waals surface area contributed by atoms with E-state index in [1.165, 1.54) is 16.9 Å². The van der Waals surface area contributed by atoms with Gasteiger partial charge in [-0.1, -0.05) is 19.9 Å². The molecule has 1 aromatic carbocycles. The predicted octanol–water partition coefficient (Wildman–Crippen LogP) is 5.59. The Balaban J connectivity index is 1.84. The van der Waals surface area contributed by atoms with Crippen LogP contribution in [0.3, 0.4) is 0 Å². The molecule has 0 bridgehead atoms. The number of hydrogen-bond acceptors (Lipinski definition) is 5. The van der Waals surface area contributed by atoms with Crippen LogP contribution in [0, 0.1) is 13.8 Å². The molecule has 5 nitrogen and oxygen atoms in total. The van der Waals surface area contributed by atoms with Crippen LogP contribution < -0.4 is 5.32 Å². The van der Waals surface area contributed by atoms with Crippen LogP contribution in [0.1, 0.15) is 58.6 Å². The number of fused-ring (bicyclic) bond motifs is 1. The molecule has 2 heterocycles. The number of carbonyl (C=O) groups is 2. The summed E-state index contributed by atoms with van der Waals surface area (Å²) in [5.41, 5.74) is 4.08. The maximum absolute atomic E-state index is 12.7. The van der Waals surface area contributed by atoms with Crippen LogP contribution in [0.15, 0.2) is 28.9 Å². The van der Waals surface area contributed by atoms with Crippen LogP contribution in [0.2, 0.25) is 0 Å². The number of amides is 1. The molecule has 148 valence electrons. The Morgan fingerprint density at radius 1 is 1.25 bits per heavy atom. The molecule has 0 fully saturated rings. The molecule has 28 heavy (non-hydrogen) atoms. The van der Waals surface area contributed by atoms with Crippen molar-refractivity contribution in [3.63, 3.8) is 0 Å². The smallest absolute Gasteiger partial charge is 0.341 e. The van der Waals surface area contributed by atoms with E-state index in [4.69, 9.17) is 9.15 Å². The predicted molar refractivity (Wildman–Crippen MR) is 112 cm³/mol. The average molecular weight is 400 g/mol. The summed E-state index contributed by atoms with van der Waals surface area (Å²) >= 11 is 1.39. The number of benzene rings is 1. The maximum atomic E-state index is 12.7. The van der Waals surface area contributed by atoms with E-state index in [9.17, 15) is 9.59 Å². The van der Waals surface area contributed by atoms with Gasteiger partial charge in [-0.2, -0.15) is 0 Å². The highest BCUT2D eigenvalue weighted by atomic mass is 32.1. The van der Waals surface area contributed by atoms with E-state index in [1.807, 2.05) is 26.0 Å². The van der Waals surface area contributed by atoms with Gasteiger partial charge in [-0.25, -0.2) is 4.79 Å². The summed E-state index contributed by atoms with van der Waals surface area (Å²) in [6.45, 7) is 10.1. The lowest BCUT2D eigenvalue weighted by Gasteiger charge is -2.07. The first-order valence-corrected chi connectivity index (χ1v) is 10.2. The van der Waals surface area contributed by atoms with Crippen molar-refractivity contribution >= 4 is 39.2 Å². The van der Waals surface area contributed by atoms with Gasteiger partial charge in [0.1, 0.15) is 10.6 Å². The van der Waals surface area contributed by atoms with E-state index in [1.54, 1.807) is 13.2 Å². The molecule has 6 heteroatoms. The summed E-state index contributed by atoms with van der Waals surface area (Å²) in [6.07, 6.45) is 1.80. The molecule has 3 rings (SSSR count). The molecule has 0 atom stereocenters. The summed E-state index contributed by atoms with van der Waals surface area (Å²) in [4.78, 5) is 26.0. The second-order valence-corrected chi connectivity index (χ2v) is 8.33. The summed E-state index contributed by atoms with van der Waals surface area (Å²) in [7, 11) is 0. The number of esters is 1. The fourth-order valence-electron chi connectivity index (χ4n) is 3.10. The SMILES string of the molecule is CCOC(=O)c1c(NC(=O)Cc2coc3ccc(C(C)C)cc23)sc(C)c1C. The Hall–Kier alpha value is -2.60. The van der Waals surface area contributed by atoms with Crippen LogP contribution in [0.25, 0.3) is 11.0 Å². The third-order valence-corrected chi connectivity index (χ3v) is 5.94. The quantitative estimate of drug-likeness (QED) is 0.548. The second-order valence-electron chi connectivity index (χ2n) is 7.10. The number of rotatable bonds is 6. The van der Waals surface area contributed by atoms with Crippen LogP contribution in [0.4, 0.5) is 5.00 Å². The van der Waals surface area contributed by atoms with Crippen LogP contribution in [-0.4, -0.2) is 18.5 Å². The van der Waals surface area contributed by atoms with E-state index in [-0.39, 0.29) is 12.3 Å². The number of thiophene rings is 1. The molecule has 1 N–H and O–H groups in total. The minimum Gasteiger partial charge on any atom is -0.464 e. The third-order valence-electron chi connectivity index (χ3n) is 4.81. The third kappa shape index (κ3) is 3.97. The van der Waals surface area contributed by atoms with E-state index in [2.05, 4.69) is 25.2 Å². The van der Waals surface area contributed by atoms with E-state index < -0.39 is 5.97 Å². The normalized spacial score (nSPS) is 11.2. The number of furan rings is 1. The van der Waals surface area contributed by atoms with Gasteiger partial charge in [-0.05, 0) is 49.9 Å². The van der Waals surface area contributed by atoms with Crippen molar-refractivity contribution in [3.05, 3.63) is 51.6 Å². The standard InChI is InChI=1S/C22H25NO4S/c1-6-26-22(25)20-13(4)14(5)28-21(20)23-19(24)10-16-11-27-18-8-7-15(12(2)3)9-17(16)18/h7-9,11-12H,6,10H2,1-5H3,(H,23,24). The van der Waals surface area contributed by atoms with Gasteiger partial charge in [0.25, 0.3) is 0 Å². The Labute approximate surface area is 168 Å². The number of carbonyl (C=O) groups excluding carboxylic acids is 2. The molecule has 0 radical (unpaired) electrons. The molecular formula is C22H25NO4S. The largest absolute Gasteiger partial charge is 0.464 e. The van der Waals surface area contributed by atoms with Gasteiger partial charge in [-0.15, -0.1) is 11.3 Å². The Kier molecular flexibility index (Phi) is 5.89. The Morgan fingerprint density at radius 2 is 2.00 bits per heavy atom. The first kappa shape index (κ1) is 20.1. The molecule has 0 saturated carbocycles. The van der Waals surface area contributed by atoms with Crippen molar-refractivity contribution in [3.8, 4) is 0 Å². The van der Waals surface area contributed by atoms with Crippen molar-refractivity contribution in [2.75, 3.05) is 11.9 Å². The Morgan fingerprint density at radius 3 is 2.68 bits per heavy atom. The lowest BCUT2D eigenvalue weighted by atomic mass is 10.00. The van der Waals surface area contributed by atoms with E-state index in [0.717, 1.165) is 27.0 Å². The monoisotopic (exact) mass is 399 g/mol. The van der Waals surface area contributed by atoms with Crippen molar-refractivity contribution in [1.29, 1.82) is 0 Å². The minimum atomic E-state index is -0.407. The zero-order chi connectivity index (χ0) is 20.4. The number of hydrogen-bond donors (Lipinski definition) is 1. The second kappa shape index (κ2) is 8.19. The summed E-state index contributed by atoms with van der Waals surface area (Å²) in [6, 6.07) is 6.07. The van der Waals surface area contributed by atoms with Gasteiger partial charge in [0, 0.05) is 15.8 Å². The lowest BCUT2D eigenvalue weighted by molar-refractivity contribution is -0.115. The molecular weight excluding hydrogens is 374 g/mol.